The van der Waals surface area contributed by atoms with E-state index in [1.807, 2.05) is 46.5 Å². The van der Waals surface area contributed by atoms with E-state index < -0.39 is 0 Å². The van der Waals surface area contributed by atoms with Gasteiger partial charge in [0.1, 0.15) is 17.3 Å². The van der Waals surface area contributed by atoms with Crippen LogP contribution < -0.4 is 4.90 Å². The number of nitrogens with zero attached hydrogens (tertiary/aromatic N) is 6. The van der Waals surface area contributed by atoms with Crippen LogP contribution in [0.4, 0.5) is 5.82 Å². The largest absolute Gasteiger partial charge is 0.465 e. The molecule has 1 aliphatic heterocycles. The normalized spacial score (nSPS) is 14.5. The SMILES string of the molecule is Cc1ccc(CN2CCc3nc(-c4cnn(C)c4)nc(N(C)C)c3C2)o1. The molecule has 0 saturated carbocycles. The number of aromatic nitrogens is 4. The second-order valence-corrected chi connectivity index (χ2v) is 7.07. The van der Waals surface area contributed by atoms with E-state index in [0.717, 1.165) is 60.5 Å². The molecule has 0 N–H and O–H groups in total. The average Bonchev–Trinajstić information content (AvgIpc) is 3.22. The minimum absolute atomic E-state index is 0.746. The number of hydrogen-bond acceptors (Lipinski definition) is 6. The molecule has 4 rings (SSSR count). The van der Waals surface area contributed by atoms with Gasteiger partial charge in [-0.25, -0.2) is 9.97 Å². The van der Waals surface area contributed by atoms with Gasteiger partial charge in [-0.05, 0) is 19.1 Å². The van der Waals surface area contributed by atoms with E-state index in [-0.39, 0.29) is 0 Å². The monoisotopic (exact) mass is 352 g/mol. The van der Waals surface area contributed by atoms with Gasteiger partial charge in [-0.2, -0.15) is 5.10 Å². The predicted octanol–water partition coefficient (Wildman–Crippen LogP) is 2.40. The van der Waals surface area contributed by atoms with Crippen molar-refractivity contribution in [1.29, 1.82) is 0 Å². The Balaban J connectivity index is 1.65. The van der Waals surface area contributed by atoms with Crippen LogP contribution in [-0.4, -0.2) is 45.3 Å². The minimum atomic E-state index is 0.746. The van der Waals surface area contributed by atoms with E-state index in [4.69, 9.17) is 14.4 Å². The lowest BCUT2D eigenvalue weighted by atomic mass is 10.0. The van der Waals surface area contributed by atoms with Crippen LogP contribution in [0.15, 0.2) is 28.9 Å². The molecule has 0 aromatic carbocycles. The third-order valence-electron chi connectivity index (χ3n) is 4.68. The summed E-state index contributed by atoms with van der Waals surface area (Å²) in [6.07, 6.45) is 4.68. The molecule has 0 spiro atoms. The molecule has 3 aromatic rings. The summed E-state index contributed by atoms with van der Waals surface area (Å²) in [5.74, 6) is 3.69. The first-order chi connectivity index (χ1) is 12.5. The van der Waals surface area contributed by atoms with Crippen molar-refractivity contribution in [2.75, 3.05) is 25.5 Å². The highest BCUT2D eigenvalue weighted by Gasteiger charge is 2.24. The Hall–Kier alpha value is -2.67. The standard InChI is InChI=1S/C19H24N6O/c1-13-5-6-15(26-13)11-25-8-7-17-16(12-25)19(23(2)3)22-18(21-17)14-9-20-24(4)10-14/h5-6,9-10H,7-8,11-12H2,1-4H3. The molecule has 0 atom stereocenters. The maximum Gasteiger partial charge on any atom is 0.164 e. The summed E-state index contributed by atoms with van der Waals surface area (Å²) in [6.45, 7) is 4.58. The van der Waals surface area contributed by atoms with E-state index in [1.54, 1.807) is 4.68 Å². The number of anilines is 1. The molecule has 26 heavy (non-hydrogen) atoms. The number of hydrogen-bond donors (Lipinski definition) is 0. The van der Waals surface area contributed by atoms with Crippen LogP contribution in [0.3, 0.4) is 0 Å². The van der Waals surface area contributed by atoms with Gasteiger partial charge in [0.05, 0.1) is 24.0 Å². The zero-order valence-electron chi connectivity index (χ0n) is 15.7. The van der Waals surface area contributed by atoms with E-state index in [2.05, 4.69) is 21.0 Å². The number of aryl methyl sites for hydroxylation is 2. The number of furan rings is 1. The molecule has 7 nitrogen and oxygen atoms in total. The molecule has 0 amide bonds. The topological polar surface area (TPSA) is 63.2 Å². The highest BCUT2D eigenvalue weighted by atomic mass is 16.3. The van der Waals surface area contributed by atoms with Crippen molar-refractivity contribution < 1.29 is 4.42 Å². The molecule has 0 unspecified atom stereocenters. The van der Waals surface area contributed by atoms with Crippen molar-refractivity contribution in [3.63, 3.8) is 0 Å². The molecule has 7 heteroatoms. The molecule has 0 radical (unpaired) electrons. The first-order valence-corrected chi connectivity index (χ1v) is 8.83. The number of fused-ring (bicyclic) bond motifs is 1. The fourth-order valence-electron chi connectivity index (χ4n) is 3.41. The Bertz CT molecular complexity index is 926. The van der Waals surface area contributed by atoms with Crippen molar-refractivity contribution in [3.05, 3.63) is 47.3 Å². The molecule has 0 saturated heterocycles. The van der Waals surface area contributed by atoms with Gasteiger partial charge >= 0.3 is 0 Å². The molecule has 3 aromatic heterocycles. The Morgan fingerprint density at radius 2 is 2.08 bits per heavy atom. The van der Waals surface area contributed by atoms with Crippen LogP contribution in [0.2, 0.25) is 0 Å². The van der Waals surface area contributed by atoms with Crippen molar-refractivity contribution in [2.24, 2.45) is 7.05 Å². The lowest BCUT2D eigenvalue weighted by Gasteiger charge is -2.30. The Labute approximate surface area is 153 Å². The van der Waals surface area contributed by atoms with Gasteiger partial charge in [-0.1, -0.05) is 0 Å². The maximum atomic E-state index is 5.74. The van der Waals surface area contributed by atoms with Crippen LogP contribution in [0.25, 0.3) is 11.4 Å². The zero-order chi connectivity index (χ0) is 18.3. The fourth-order valence-corrected chi connectivity index (χ4v) is 3.41. The van der Waals surface area contributed by atoms with Crippen molar-refractivity contribution >= 4 is 5.82 Å². The van der Waals surface area contributed by atoms with E-state index in [9.17, 15) is 0 Å². The van der Waals surface area contributed by atoms with Gasteiger partial charge in [-0.3, -0.25) is 9.58 Å². The summed E-state index contributed by atoms with van der Waals surface area (Å²) in [6, 6.07) is 4.07. The highest BCUT2D eigenvalue weighted by Crippen LogP contribution is 2.29. The third-order valence-corrected chi connectivity index (χ3v) is 4.68. The first-order valence-electron chi connectivity index (χ1n) is 8.83. The molecule has 136 valence electrons. The zero-order valence-corrected chi connectivity index (χ0v) is 15.7. The quantitative estimate of drug-likeness (QED) is 0.718. The smallest absolute Gasteiger partial charge is 0.164 e. The van der Waals surface area contributed by atoms with Crippen LogP contribution in [-0.2, 0) is 26.6 Å². The molecule has 0 aliphatic carbocycles. The highest BCUT2D eigenvalue weighted by molar-refractivity contribution is 5.59. The second kappa shape index (κ2) is 6.57. The third kappa shape index (κ3) is 3.22. The summed E-state index contributed by atoms with van der Waals surface area (Å²) >= 11 is 0. The minimum Gasteiger partial charge on any atom is -0.465 e. The summed E-state index contributed by atoms with van der Waals surface area (Å²) < 4.78 is 7.52. The van der Waals surface area contributed by atoms with Gasteiger partial charge in [-0.15, -0.1) is 0 Å². The summed E-state index contributed by atoms with van der Waals surface area (Å²) in [7, 11) is 5.97. The molecular formula is C19H24N6O. The fraction of sp³-hybridized carbons (Fsp3) is 0.421. The molecular weight excluding hydrogens is 328 g/mol. The molecule has 0 fully saturated rings. The van der Waals surface area contributed by atoms with Crippen LogP contribution in [0.5, 0.6) is 0 Å². The van der Waals surface area contributed by atoms with Gasteiger partial charge in [0.15, 0.2) is 5.82 Å². The summed E-state index contributed by atoms with van der Waals surface area (Å²) in [4.78, 5) is 14.1. The Morgan fingerprint density at radius 1 is 1.23 bits per heavy atom. The summed E-state index contributed by atoms with van der Waals surface area (Å²) in [5, 5.41) is 4.24. The van der Waals surface area contributed by atoms with Gasteiger partial charge in [0, 0.05) is 52.4 Å². The Kier molecular flexibility index (Phi) is 4.24. The molecule has 0 bridgehead atoms. The van der Waals surface area contributed by atoms with E-state index in [1.165, 1.54) is 5.56 Å². The predicted molar refractivity (Wildman–Crippen MR) is 99.8 cm³/mol. The van der Waals surface area contributed by atoms with Crippen LogP contribution >= 0.6 is 0 Å². The lowest BCUT2D eigenvalue weighted by molar-refractivity contribution is 0.222. The lowest BCUT2D eigenvalue weighted by Crippen LogP contribution is -2.32. The number of rotatable bonds is 4. The average molecular weight is 352 g/mol. The first kappa shape index (κ1) is 16.8. The van der Waals surface area contributed by atoms with E-state index in [0.29, 0.717) is 0 Å². The van der Waals surface area contributed by atoms with Gasteiger partial charge in [0.2, 0.25) is 0 Å². The maximum absolute atomic E-state index is 5.74. The van der Waals surface area contributed by atoms with Gasteiger partial charge in [0.25, 0.3) is 0 Å². The Morgan fingerprint density at radius 3 is 2.73 bits per heavy atom. The van der Waals surface area contributed by atoms with Crippen LogP contribution in [0, 0.1) is 6.92 Å². The van der Waals surface area contributed by atoms with Crippen molar-refractivity contribution in [2.45, 2.75) is 26.4 Å². The van der Waals surface area contributed by atoms with E-state index >= 15 is 0 Å². The van der Waals surface area contributed by atoms with Gasteiger partial charge < -0.3 is 9.32 Å². The van der Waals surface area contributed by atoms with Crippen LogP contribution in [0.1, 0.15) is 22.8 Å². The molecule has 4 heterocycles. The van der Waals surface area contributed by atoms with Crippen molar-refractivity contribution in [1.82, 2.24) is 24.6 Å². The summed E-state index contributed by atoms with van der Waals surface area (Å²) in [5.41, 5.74) is 3.29. The van der Waals surface area contributed by atoms with Crippen molar-refractivity contribution in [3.8, 4) is 11.4 Å². The molecule has 1 aliphatic rings. The second-order valence-electron chi connectivity index (χ2n) is 7.07.